The van der Waals surface area contributed by atoms with Crippen molar-refractivity contribution in [2.24, 2.45) is 0 Å². The number of halogens is 1. The Bertz CT molecular complexity index is 1140. The van der Waals surface area contributed by atoms with Gasteiger partial charge < -0.3 is 9.64 Å². The number of aromatic nitrogens is 2. The number of rotatable bonds is 6. The molecule has 1 N–H and O–H groups in total. The number of aromatic amines is 1. The van der Waals surface area contributed by atoms with Crippen molar-refractivity contribution < 1.29 is 13.9 Å². The second kappa shape index (κ2) is 9.36. The number of benzene rings is 2. The van der Waals surface area contributed by atoms with Crippen molar-refractivity contribution in [3.05, 3.63) is 75.5 Å². The molecule has 0 radical (unpaired) electrons. The van der Waals surface area contributed by atoms with Gasteiger partial charge in [-0.15, -0.1) is 0 Å². The third-order valence-electron chi connectivity index (χ3n) is 5.68. The van der Waals surface area contributed by atoms with Crippen LogP contribution in [-0.4, -0.2) is 72.3 Å². The van der Waals surface area contributed by atoms with Crippen LogP contribution < -0.4 is 5.56 Å². The molecule has 0 unspecified atom stereocenters. The number of methoxy groups -OCH3 is 1. The minimum absolute atomic E-state index is 0.0663. The van der Waals surface area contributed by atoms with Crippen LogP contribution in [0.2, 0.25) is 0 Å². The van der Waals surface area contributed by atoms with Crippen molar-refractivity contribution in [3.63, 3.8) is 0 Å². The molecule has 1 saturated heterocycles. The van der Waals surface area contributed by atoms with Gasteiger partial charge in [0.15, 0.2) is 0 Å². The molecule has 0 aliphatic carbocycles. The summed E-state index contributed by atoms with van der Waals surface area (Å²) in [5.41, 5.74) is 1.25. The Hall–Kier alpha value is -3.10. The maximum atomic E-state index is 14.5. The third kappa shape index (κ3) is 4.65. The Morgan fingerprint density at radius 1 is 1.13 bits per heavy atom. The van der Waals surface area contributed by atoms with Crippen LogP contribution in [-0.2, 0) is 11.2 Å². The predicted molar refractivity (Wildman–Crippen MR) is 116 cm³/mol. The van der Waals surface area contributed by atoms with E-state index in [2.05, 4.69) is 15.1 Å². The van der Waals surface area contributed by atoms with E-state index in [0.29, 0.717) is 37.2 Å². The van der Waals surface area contributed by atoms with Crippen LogP contribution in [0.3, 0.4) is 0 Å². The molecule has 2 aromatic carbocycles. The highest BCUT2D eigenvalue weighted by atomic mass is 19.1. The number of hydrogen-bond acceptors (Lipinski definition) is 5. The Kier molecular flexibility index (Phi) is 6.39. The van der Waals surface area contributed by atoms with Gasteiger partial charge in [0.1, 0.15) is 5.82 Å². The zero-order valence-corrected chi connectivity index (χ0v) is 17.4. The van der Waals surface area contributed by atoms with Crippen molar-refractivity contribution in [2.45, 2.75) is 6.42 Å². The second-order valence-corrected chi connectivity index (χ2v) is 7.66. The first-order chi connectivity index (χ1) is 15.1. The normalized spacial score (nSPS) is 14.8. The van der Waals surface area contributed by atoms with Crippen molar-refractivity contribution in [3.8, 4) is 0 Å². The molecule has 0 bridgehead atoms. The lowest BCUT2D eigenvalue weighted by Gasteiger charge is -2.34. The highest BCUT2D eigenvalue weighted by molar-refractivity contribution is 5.95. The van der Waals surface area contributed by atoms with E-state index in [-0.39, 0.29) is 17.0 Å². The molecule has 31 heavy (non-hydrogen) atoms. The van der Waals surface area contributed by atoms with E-state index in [0.717, 1.165) is 30.6 Å². The fourth-order valence-corrected chi connectivity index (χ4v) is 3.91. The van der Waals surface area contributed by atoms with Gasteiger partial charge in [0.2, 0.25) is 0 Å². The SMILES string of the molecule is COCCN1CCN(C(=O)c2cc(Cc3n[nH]c(=O)c4ccccc34)ccc2F)CC1. The highest BCUT2D eigenvalue weighted by Crippen LogP contribution is 2.20. The molecular weight excluding hydrogens is 399 g/mol. The van der Waals surface area contributed by atoms with Gasteiger partial charge in [0.05, 0.1) is 23.3 Å². The fraction of sp³-hybridized carbons (Fsp3) is 0.348. The molecular formula is C23H25FN4O3. The maximum absolute atomic E-state index is 14.5. The zero-order chi connectivity index (χ0) is 21.8. The van der Waals surface area contributed by atoms with Gasteiger partial charge >= 0.3 is 0 Å². The standard InChI is InChI=1S/C23H25FN4O3/c1-31-13-12-27-8-10-28(11-9-27)23(30)19-14-16(6-7-20(19)24)15-21-17-4-2-3-5-18(17)22(29)26-25-21/h2-7,14H,8-13,15H2,1H3,(H,26,29). The van der Waals surface area contributed by atoms with Crippen LogP contribution >= 0.6 is 0 Å². The van der Waals surface area contributed by atoms with E-state index in [1.54, 1.807) is 36.3 Å². The van der Waals surface area contributed by atoms with Crippen molar-refractivity contribution in [1.29, 1.82) is 0 Å². The summed E-state index contributed by atoms with van der Waals surface area (Å²) in [5.74, 6) is -0.833. The first-order valence-electron chi connectivity index (χ1n) is 10.3. The van der Waals surface area contributed by atoms with Crippen LogP contribution in [0.25, 0.3) is 10.8 Å². The number of nitrogens with zero attached hydrogens (tertiary/aromatic N) is 3. The number of carbonyl (C=O) groups excluding carboxylic acids is 1. The summed E-state index contributed by atoms with van der Waals surface area (Å²) >= 11 is 0. The lowest BCUT2D eigenvalue weighted by Crippen LogP contribution is -2.49. The number of hydrogen-bond donors (Lipinski definition) is 1. The van der Waals surface area contributed by atoms with Crippen LogP contribution in [0, 0.1) is 5.82 Å². The average molecular weight is 424 g/mol. The average Bonchev–Trinajstić information content (AvgIpc) is 2.81. The lowest BCUT2D eigenvalue weighted by molar-refractivity contribution is 0.0590. The van der Waals surface area contributed by atoms with Crippen LogP contribution in [0.4, 0.5) is 4.39 Å². The summed E-state index contributed by atoms with van der Waals surface area (Å²) in [4.78, 5) is 28.9. The smallest absolute Gasteiger partial charge is 0.272 e. The van der Waals surface area contributed by atoms with Crippen LogP contribution in [0.5, 0.6) is 0 Å². The molecule has 1 aliphatic rings. The molecule has 1 aromatic heterocycles. The lowest BCUT2D eigenvalue weighted by atomic mass is 10.0. The molecule has 4 rings (SSSR count). The van der Waals surface area contributed by atoms with E-state index in [1.165, 1.54) is 6.07 Å². The van der Waals surface area contributed by atoms with Gasteiger partial charge in [-0.25, -0.2) is 9.49 Å². The fourth-order valence-electron chi connectivity index (χ4n) is 3.91. The number of ether oxygens (including phenoxy) is 1. The number of amides is 1. The Balaban J connectivity index is 1.53. The molecule has 3 aromatic rings. The molecule has 7 nitrogen and oxygen atoms in total. The molecule has 0 atom stereocenters. The summed E-state index contributed by atoms with van der Waals surface area (Å²) in [7, 11) is 1.67. The molecule has 8 heteroatoms. The van der Waals surface area contributed by atoms with Crippen molar-refractivity contribution in [1.82, 2.24) is 20.0 Å². The summed E-state index contributed by atoms with van der Waals surface area (Å²) < 4.78 is 19.6. The van der Waals surface area contributed by atoms with E-state index in [4.69, 9.17) is 4.74 Å². The molecule has 0 spiro atoms. The summed E-state index contributed by atoms with van der Waals surface area (Å²) in [6.07, 6.45) is 0.378. The number of nitrogens with one attached hydrogen (secondary N) is 1. The van der Waals surface area contributed by atoms with Crippen LogP contribution in [0.15, 0.2) is 47.3 Å². The third-order valence-corrected chi connectivity index (χ3v) is 5.68. The highest BCUT2D eigenvalue weighted by Gasteiger charge is 2.24. The van der Waals surface area contributed by atoms with E-state index < -0.39 is 5.82 Å². The summed E-state index contributed by atoms with van der Waals surface area (Å²) in [6.45, 7) is 4.06. The predicted octanol–water partition coefficient (Wildman–Crippen LogP) is 2.06. The minimum atomic E-state index is -0.533. The number of fused-ring (bicyclic) bond motifs is 1. The topological polar surface area (TPSA) is 78.5 Å². The van der Waals surface area contributed by atoms with E-state index in [9.17, 15) is 14.0 Å². The van der Waals surface area contributed by atoms with Crippen molar-refractivity contribution in [2.75, 3.05) is 46.4 Å². The zero-order valence-electron chi connectivity index (χ0n) is 17.4. The first-order valence-corrected chi connectivity index (χ1v) is 10.3. The number of carbonyl (C=O) groups is 1. The molecule has 1 aliphatic heterocycles. The van der Waals surface area contributed by atoms with Crippen molar-refractivity contribution >= 4 is 16.7 Å². The quantitative estimate of drug-likeness (QED) is 0.655. The van der Waals surface area contributed by atoms with Crippen LogP contribution in [0.1, 0.15) is 21.6 Å². The largest absolute Gasteiger partial charge is 0.383 e. The summed E-state index contributed by atoms with van der Waals surface area (Å²) in [6, 6.07) is 11.8. The molecule has 0 saturated carbocycles. The monoisotopic (exact) mass is 424 g/mol. The maximum Gasteiger partial charge on any atom is 0.272 e. The number of H-pyrrole nitrogens is 1. The van der Waals surface area contributed by atoms with Gasteiger partial charge in [0.25, 0.3) is 11.5 Å². The Labute approximate surface area is 179 Å². The van der Waals surface area contributed by atoms with Gasteiger partial charge in [-0.3, -0.25) is 14.5 Å². The number of piperazine rings is 1. The van der Waals surface area contributed by atoms with Gasteiger partial charge in [-0.2, -0.15) is 5.10 Å². The molecule has 162 valence electrons. The first kappa shape index (κ1) is 21.1. The van der Waals surface area contributed by atoms with Gasteiger partial charge in [-0.05, 0) is 23.8 Å². The molecule has 2 heterocycles. The second-order valence-electron chi connectivity index (χ2n) is 7.66. The summed E-state index contributed by atoms with van der Waals surface area (Å²) in [5, 5.41) is 7.99. The minimum Gasteiger partial charge on any atom is -0.383 e. The van der Waals surface area contributed by atoms with E-state index >= 15 is 0 Å². The van der Waals surface area contributed by atoms with Gasteiger partial charge in [-0.1, -0.05) is 24.3 Å². The van der Waals surface area contributed by atoms with Gasteiger partial charge in [0, 0.05) is 51.6 Å². The van der Waals surface area contributed by atoms with E-state index in [1.807, 2.05) is 12.1 Å². The molecule has 1 amide bonds. The Morgan fingerprint density at radius 2 is 1.87 bits per heavy atom. The Morgan fingerprint density at radius 3 is 2.61 bits per heavy atom. The molecule has 1 fully saturated rings.